The Morgan fingerprint density at radius 2 is 2.27 bits per heavy atom. The Balaban J connectivity index is 3.43. The van der Waals surface area contributed by atoms with Crippen LogP contribution in [0.3, 0.4) is 0 Å². The van der Waals surface area contributed by atoms with Crippen LogP contribution in [0.25, 0.3) is 0 Å². The summed E-state index contributed by atoms with van der Waals surface area (Å²) in [6, 6.07) is -0.320. The van der Waals surface area contributed by atoms with Crippen LogP contribution in [0.4, 0.5) is 0 Å². The molecule has 0 radical (unpaired) electrons. The van der Waals surface area contributed by atoms with Gasteiger partial charge in [-0.2, -0.15) is 0 Å². The number of carbonyl (C=O) groups excluding carboxylic acids is 1. The first kappa shape index (κ1) is 10.4. The molecule has 0 aromatic carbocycles. The monoisotopic (exact) mass is 155 g/mol. The Kier molecular flexibility index (Phi) is 5.75. The van der Waals surface area contributed by atoms with E-state index in [4.69, 9.17) is 5.73 Å². The van der Waals surface area contributed by atoms with Gasteiger partial charge in [0.25, 0.3) is 0 Å². The number of hydrogen-bond donors (Lipinski definition) is 1. The third-order valence-electron chi connectivity index (χ3n) is 1.69. The summed E-state index contributed by atoms with van der Waals surface area (Å²) < 4.78 is 0. The van der Waals surface area contributed by atoms with E-state index in [2.05, 4.69) is 13.5 Å². The fraction of sp³-hybridized carbons (Fsp3) is 0.667. The van der Waals surface area contributed by atoms with Gasteiger partial charge >= 0.3 is 0 Å². The quantitative estimate of drug-likeness (QED) is 0.468. The number of unbranched alkanes of at least 4 members (excludes halogenated alkanes) is 2. The number of hydrogen-bond acceptors (Lipinski definition) is 2. The number of rotatable bonds is 6. The largest absolute Gasteiger partial charge is 0.321 e. The first-order valence-electron chi connectivity index (χ1n) is 4.14. The van der Waals surface area contributed by atoms with Gasteiger partial charge in [0, 0.05) is 0 Å². The number of ketones is 1. The molecule has 0 aromatic rings. The van der Waals surface area contributed by atoms with Gasteiger partial charge in [0.15, 0.2) is 5.78 Å². The van der Waals surface area contributed by atoms with E-state index >= 15 is 0 Å². The van der Waals surface area contributed by atoms with Gasteiger partial charge in [0.2, 0.25) is 0 Å². The van der Waals surface area contributed by atoms with Crippen molar-refractivity contribution in [2.45, 2.75) is 38.6 Å². The lowest BCUT2D eigenvalue weighted by Crippen LogP contribution is -2.28. The SMILES string of the molecule is C=CC(=O)C(N)CCCCC. The molecule has 0 saturated carbocycles. The molecule has 0 aliphatic heterocycles. The van der Waals surface area contributed by atoms with Crippen LogP contribution in [-0.2, 0) is 4.79 Å². The van der Waals surface area contributed by atoms with Crippen molar-refractivity contribution in [2.24, 2.45) is 5.73 Å². The molecule has 0 heterocycles. The van der Waals surface area contributed by atoms with Gasteiger partial charge in [-0.05, 0) is 12.5 Å². The summed E-state index contributed by atoms with van der Waals surface area (Å²) >= 11 is 0. The maximum Gasteiger partial charge on any atom is 0.171 e. The van der Waals surface area contributed by atoms with Crippen LogP contribution >= 0.6 is 0 Å². The van der Waals surface area contributed by atoms with Crippen molar-refractivity contribution in [2.75, 3.05) is 0 Å². The van der Waals surface area contributed by atoms with Crippen molar-refractivity contribution in [1.82, 2.24) is 0 Å². The molecule has 0 rings (SSSR count). The highest BCUT2D eigenvalue weighted by atomic mass is 16.1. The summed E-state index contributed by atoms with van der Waals surface area (Å²) in [5, 5.41) is 0. The summed E-state index contributed by atoms with van der Waals surface area (Å²) in [5.41, 5.74) is 5.55. The highest BCUT2D eigenvalue weighted by Crippen LogP contribution is 2.02. The van der Waals surface area contributed by atoms with Crippen LogP contribution in [0.15, 0.2) is 12.7 Å². The molecule has 0 aliphatic carbocycles. The lowest BCUT2D eigenvalue weighted by Gasteiger charge is -2.05. The number of carbonyl (C=O) groups is 1. The van der Waals surface area contributed by atoms with Crippen molar-refractivity contribution >= 4 is 5.78 Å². The Morgan fingerprint density at radius 1 is 1.64 bits per heavy atom. The van der Waals surface area contributed by atoms with E-state index in [-0.39, 0.29) is 11.8 Å². The molecule has 0 aliphatic rings. The van der Waals surface area contributed by atoms with Crippen LogP contribution in [0, 0.1) is 0 Å². The highest BCUT2D eigenvalue weighted by molar-refractivity contribution is 5.93. The molecule has 0 aromatic heterocycles. The third kappa shape index (κ3) is 4.73. The van der Waals surface area contributed by atoms with E-state index in [1.807, 2.05) is 0 Å². The lowest BCUT2D eigenvalue weighted by molar-refractivity contribution is -0.115. The van der Waals surface area contributed by atoms with Gasteiger partial charge in [0.1, 0.15) is 0 Å². The smallest absolute Gasteiger partial charge is 0.171 e. The van der Waals surface area contributed by atoms with Gasteiger partial charge in [-0.15, -0.1) is 0 Å². The van der Waals surface area contributed by atoms with E-state index < -0.39 is 0 Å². The normalized spacial score (nSPS) is 12.5. The van der Waals surface area contributed by atoms with Gasteiger partial charge in [-0.3, -0.25) is 4.79 Å². The molecule has 1 atom stereocenters. The van der Waals surface area contributed by atoms with E-state index in [1.165, 1.54) is 6.08 Å². The van der Waals surface area contributed by atoms with Gasteiger partial charge in [-0.1, -0.05) is 32.8 Å². The standard InChI is InChI=1S/C9H17NO/c1-3-5-6-7-8(10)9(11)4-2/h4,8H,2-3,5-7,10H2,1H3. The van der Waals surface area contributed by atoms with E-state index in [0.717, 1.165) is 25.7 Å². The predicted molar refractivity (Wildman–Crippen MR) is 47.3 cm³/mol. The summed E-state index contributed by atoms with van der Waals surface area (Å²) in [6.45, 7) is 5.51. The van der Waals surface area contributed by atoms with Crippen LogP contribution in [0.1, 0.15) is 32.6 Å². The van der Waals surface area contributed by atoms with Crippen LogP contribution in [0.5, 0.6) is 0 Å². The third-order valence-corrected chi connectivity index (χ3v) is 1.69. The summed E-state index contributed by atoms with van der Waals surface area (Å²) in [7, 11) is 0. The van der Waals surface area contributed by atoms with E-state index in [0.29, 0.717) is 0 Å². The lowest BCUT2D eigenvalue weighted by atomic mass is 10.1. The average Bonchev–Trinajstić information content (AvgIpc) is 2.03. The second-order valence-electron chi connectivity index (χ2n) is 2.71. The van der Waals surface area contributed by atoms with Crippen molar-refractivity contribution in [1.29, 1.82) is 0 Å². The van der Waals surface area contributed by atoms with Crippen LogP contribution in [0.2, 0.25) is 0 Å². The van der Waals surface area contributed by atoms with Crippen molar-refractivity contribution in [3.63, 3.8) is 0 Å². The fourth-order valence-electron chi connectivity index (χ4n) is 0.908. The van der Waals surface area contributed by atoms with E-state index in [1.54, 1.807) is 0 Å². The molecule has 2 N–H and O–H groups in total. The van der Waals surface area contributed by atoms with Gasteiger partial charge in [0.05, 0.1) is 6.04 Å². The first-order chi connectivity index (χ1) is 5.22. The molecule has 0 fully saturated rings. The fourth-order valence-corrected chi connectivity index (χ4v) is 0.908. The van der Waals surface area contributed by atoms with Crippen LogP contribution in [-0.4, -0.2) is 11.8 Å². The van der Waals surface area contributed by atoms with E-state index in [9.17, 15) is 4.79 Å². The second kappa shape index (κ2) is 6.10. The zero-order valence-electron chi connectivity index (χ0n) is 7.18. The van der Waals surface area contributed by atoms with Crippen molar-refractivity contribution < 1.29 is 4.79 Å². The minimum atomic E-state index is -0.320. The molecular weight excluding hydrogens is 138 g/mol. The average molecular weight is 155 g/mol. The van der Waals surface area contributed by atoms with Gasteiger partial charge in [-0.25, -0.2) is 0 Å². The first-order valence-corrected chi connectivity index (χ1v) is 4.14. The molecule has 11 heavy (non-hydrogen) atoms. The molecule has 1 unspecified atom stereocenters. The molecule has 64 valence electrons. The maximum absolute atomic E-state index is 10.9. The Hall–Kier alpha value is -0.630. The summed E-state index contributed by atoms with van der Waals surface area (Å²) in [5.74, 6) is -0.0406. The minimum absolute atomic E-state index is 0.0406. The predicted octanol–water partition coefficient (Wildman–Crippen LogP) is 1.65. The summed E-state index contributed by atoms with van der Waals surface area (Å²) in [6.07, 6.45) is 5.44. The molecule has 0 saturated heterocycles. The van der Waals surface area contributed by atoms with Crippen molar-refractivity contribution in [3.8, 4) is 0 Å². The molecule has 0 amide bonds. The minimum Gasteiger partial charge on any atom is -0.321 e. The molecule has 0 bridgehead atoms. The highest BCUT2D eigenvalue weighted by Gasteiger charge is 2.07. The summed E-state index contributed by atoms with van der Waals surface area (Å²) in [4.78, 5) is 10.9. The zero-order chi connectivity index (χ0) is 8.69. The molecular formula is C9H17NO. The van der Waals surface area contributed by atoms with Crippen molar-refractivity contribution in [3.05, 3.63) is 12.7 Å². The molecule has 2 heteroatoms. The number of nitrogens with two attached hydrogens (primary N) is 1. The Bertz CT molecular complexity index is 132. The second-order valence-corrected chi connectivity index (χ2v) is 2.71. The molecule has 0 spiro atoms. The topological polar surface area (TPSA) is 43.1 Å². The van der Waals surface area contributed by atoms with Gasteiger partial charge < -0.3 is 5.73 Å². The zero-order valence-corrected chi connectivity index (χ0v) is 7.18. The molecule has 2 nitrogen and oxygen atoms in total. The Labute approximate surface area is 68.5 Å². The van der Waals surface area contributed by atoms with Crippen LogP contribution < -0.4 is 5.73 Å². The Morgan fingerprint density at radius 3 is 2.73 bits per heavy atom. The maximum atomic E-state index is 10.9.